The second kappa shape index (κ2) is 3.22. The zero-order chi connectivity index (χ0) is 9.19. The summed E-state index contributed by atoms with van der Waals surface area (Å²) >= 11 is 0. The molecule has 0 atom stereocenters. The third kappa shape index (κ3) is 2.04. The lowest BCUT2D eigenvalue weighted by Crippen LogP contribution is -2.32. The highest BCUT2D eigenvalue weighted by Crippen LogP contribution is 2.10. The molecule has 1 rings (SSSR count). The van der Waals surface area contributed by atoms with Gasteiger partial charge in [-0.1, -0.05) is 5.46 Å². The fourth-order valence-electron chi connectivity index (χ4n) is 0.836. The smallest absolute Gasteiger partial charge is 0.471 e. The van der Waals surface area contributed by atoms with Crippen LogP contribution in [0.2, 0.25) is 0 Å². The van der Waals surface area contributed by atoms with Crippen molar-refractivity contribution in [1.29, 1.82) is 0 Å². The number of hydrogen-bond donors (Lipinski definition) is 1. The van der Waals surface area contributed by atoms with E-state index in [1.165, 1.54) is 0 Å². The summed E-state index contributed by atoms with van der Waals surface area (Å²) in [6, 6.07) is 1.01. The summed E-state index contributed by atoms with van der Waals surface area (Å²) in [5.74, 6) is 0.298. The van der Waals surface area contributed by atoms with Crippen LogP contribution >= 0.6 is 0 Å². The molecule has 2 nitrogen and oxygen atoms in total. The number of nitrogens with one attached hydrogen (secondary N) is 1. The fourth-order valence-corrected chi connectivity index (χ4v) is 0.836. The molecule has 0 fully saturated rings. The minimum Gasteiger partial charge on any atom is -0.471 e. The van der Waals surface area contributed by atoms with Crippen molar-refractivity contribution in [3.63, 3.8) is 0 Å². The van der Waals surface area contributed by atoms with E-state index in [2.05, 4.69) is 9.73 Å². The summed E-state index contributed by atoms with van der Waals surface area (Å²) in [5, 5.41) is 2.69. The van der Waals surface area contributed by atoms with Crippen LogP contribution in [0.4, 0.5) is 12.9 Å². The Bertz CT molecular complexity index is 258. The average Bonchev–Trinajstić information content (AvgIpc) is 2.35. The molecule has 0 unspecified atom stereocenters. The quantitative estimate of drug-likeness (QED) is 0.699. The Balaban J connectivity index is 2.77. The van der Waals surface area contributed by atoms with Crippen LogP contribution < -0.4 is 10.8 Å². The Morgan fingerprint density at radius 3 is 2.58 bits per heavy atom. The van der Waals surface area contributed by atoms with Gasteiger partial charge in [0.25, 0.3) is 0 Å². The average molecular weight is 178 g/mol. The molecular formula is C6H8BF3NO-. The Kier molecular flexibility index (Phi) is 2.47. The summed E-state index contributed by atoms with van der Waals surface area (Å²) in [6.45, 7) is -4.61. The van der Waals surface area contributed by atoms with E-state index in [0.29, 0.717) is 12.3 Å². The van der Waals surface area contributed by atoms with E-state index < -0.39 is 12.4 Å². The first-order valence-electron chi connectivity index (χ1n) is 3.46. The maximum atomic E-state index is 12.0. The molecule has 1 aromatic heterocycles. The lowest BCUT2D eigenvalue weighted by Gasteiger charge is -2.09. The van der Waals surface area contributed by atoms with Crippen molar-refractivity contribution >= 4 is 12.4 Å². The molecule has 0 aromatic carbocycles. The normalized spacial score (nSPS) is 12.0. The van der Waals surface area contributed by atoms with Crippen molar-refractivity contribution in [3.05, 3.63) is 18.1 Å². The van der Waals surface area contributed by atoms with Crippen LogP contribution in [0.3, 0.4) is 0 Å². The predicted octanol–water partition coefficient (Wildman–Crippen LogP) is 1.05. The molecule has 6 heteroatoms. The number of furan rings is 1. The highest BCUT2D eigenvalue weighted by atomic mass is 19.4. The van der Waals surface area contributed by atoms with Gasteiger partial charge in [0.05, 0.1) is 12.8 Å². The van der Waals surface area contributed by atoms with Gasteiger partial charge in [-0.25, -0.2) is 0 Å². The second-order valence-corrected chi connectivity index (χ2v) is 2.45. The first-order valence-corrected chi connectivity index (χ1v) is 3.46. The van der Waals surface area contributed by atoms with E-state index in [-0.39, 0.29) is 0 Å². The zero-order valence-electron chi connectivity index (χ0n) is 6.48. The van der Waals surface area contributed by atoms with Crippen molar-refractivity contribution in [2.24, 2.45) is 0 Å². The van der Waals surface area contributed by atoms with Gasteiger partial charge in [-0.2, -0.15) is 0 Å². The van der Waals surface area contributed by atoms with Crippen LogP contribution in [0.15, 0.2) is 16.7 Å². The van der Waals surface area contributed by atoms with E-state index in [4.69, 9.17) is 0 Å². The first-order chi connectivity index (χ1) is 5.54. The van der Waals surface area contributed by atoms with E-state index in [9.17, 15) is 12.9 Å². The standard InChI is InChI=1S/C6H8BF3NO/c1-11-3-6-2-5(4-12-6)7(8,9)10/h2,4,11H,3H2,1H3/q-1. The number of hydrogen-bond acceptors (Lipinski definition) is 2. The first kappa shape index (κ1) is 9.19. The van der Waals surface area contributed by atoms with Crippen molar-refractivity contribution in [2.75, 3.05) is 7.05 Å². The lowest BCUT2D eigenvalue weighted by atomic mass is 9.82. The van der Waals surface area contributed by atoms with Crippen LogP contribution in [0.25, 0.3) is 0 Å². The monoisotopic (exact) mass is 178 g/mol. The number of rotatable bonds is 3. The molecule has 0 spiro atoms. The van der Waals surface area contributed by atoms with E-state index in [1.54, 1.807) is 7.05 Å². The van der Waals surface area contributed by atoms with Crippen LogP contribution in [0.1, 0.15) is 5.76 Å². The molecule has 0 saturated carbocycles. The van der Waals surface area contributed by atoms with Crippen molar-refractivity contribution in [2.45, 2.75) is 6.54 Å². The summed E-state index contributed by atoms with van der Waals surface area (Å²) < 4.78 is 40.7. The zero-order valence-corrected chi connectivity index (χ0v) is 6.48. The fraction of sp³-hybridized carbons (Fsp3) is 0.333. The largest absolute Gasteiger partial charge is 0.512 e. The molecule has 0 aliphatic rings. The van der Waals surface area contributed by atoms with Gasteiger partial charge in [-0.15, -0.1) is 0 Å². The van der Waals surface area contributed by atoms with Gasteiger partial charge < -0.3 is 22.7 Å². The topological polar surface area (TPSA) is 25.2 Å². The molecule has 1 N–H and O–H groups in total. The van der Waals surface area contributed by atoms with Gasteiger partial charge in [0, 0.05) is 0 Å². The highest BCUT2D eigenvalue weighted by molar-refractivity contribution is 6.73. The highest BCUT2D eigenvalue weighted by Gasteiger charge is 2.27. The Labute approximate surface area is 67.8 Å². The SMILES string of the molecule is CNCc1cc([B-](F)(F)F)co1. The van der Waals surface area contributed by atoms with Crippen LogP contribution in [-0.2, 0) is 6.54 Å². The molecule has 0 bridgehead atoms. The maximum absolute atomic E-state index is 12.0. The Morgan fingerprint density at radius 1 is 1.50 bits per heavy atom. The van der Waals surface area contributed by atoms with Crippen molar-refractivity contribution in [1.82, 2.24) is 5.32 Å². The van der Waals surface area contributed by atoms with Crippen molar-refractivity contribution in [3.8, 4) is 0 Å². The molecule has 12 heavy (non-hydrogen) atoms. The summed E-state index contributed by atoms with van der Waals surface area (Å²) in [6.07, 6.45) is 0.743. The molecule has 0 radical (unpaired) electrons. The molecule has 0 amide bonds. The molecule has 0 aliphatic carbocycles. The molecule has 1 heterocycles. The Hall–Kier alpha value is -0.905. The van der Waals surface area contributed by atoms with Crippen molar-refractivity contribution < 1.29 is 17.4 Å². The number of halogens is 3. The molecule has 0 saturated heterocycles. The molecule has 1 aromatic rings. The van der Waals surface area contributed by atoms with E-state index in [0.717, 1.165) is 12.3 Å². The predicted molar refractivity (Wildman–Crippen MR) is 40.2 cm³/mol. The van der Waals surface area contributed by atoms with E-state index in [1.807, 2.05) is 0 Å². The molecule has 0 aliphatic heterocycles. The third-order valence-electron chi connectivity index (χ3n) is 1.40. The van der Waals surface area contributed by atoms with Gasteiger partial charge >= 0.3 is 6.98 Å². The Morgan fingerprint density at radius 2 is 2.17 bits per heavy atom. The maximum Gasteiger partial charge on any atom is 0.512 e. The van der Waals surface area contributed by atoms with Gasteiger partial charge in [-0.05, 0) is 13.1 Å². The van der Waals surface area contributed by atoms with Gasteiger partial charge in [0.1, 0.15) is 5.76 Å². The third-order valence-corrected chi connectivity index (χ3v) is 1.40. The molecular weight excluding hydrogens is 170 g/mol. The summed E-state index contributed by atoms with van der Waals surface area (Å²) in [7, 11) is 1.64. The minimum atomic E-state index is -4.92. The second-order valence-electron chi connectivity index (χ2n) is 2.45. The van der Waals surface area contributed by atoms with Crippen LogP contribution in [0, 0.1) is 0 Å². The van der Waals surface area contributed by atoms with Crippen LogP contribution in [-0.4, -0.2) is 14.0 Å². The van der Waals surface area contributed by atoms with Crippen LogP contribution in [0.5, 0.6) is 0 Å². The van der Waals surface area contributed by atoms with Gasteiger partial charge in [0.2, 0.25) is 0 Å². The van der Waals surface area contributed by atoms with Gasteiger partial charge in [-0.3, -0.25) is 0 Å². The minimum absolute atomic E-state index is 0.298. The van der Waals surface area contributed by atoms with E-state index >= 15 is 0 Å². The van der Waals surface area contributed by atoms with Gasteiger partial charge in [0.15, 0.2) is 0 Å². The molecule has 68 valence electrons. The summed E-state index contributed by atoms with van der Waals surface area (Å²) in [5.41, 5.74) is -0.680. The lowest BCUT2D eigenvalue weighted by molar-refractivity contribution is 0.487. The summed E-state index contributed by atoms with van der Waals surface area (Å²) in [4.78, 5) is 0.